The van der Waals surface area contributed by atoms with E-state index in [2.05, 4.69) is 45.0 Å². The van der Waals surface area contributed by atoms with Crippen molar-refractivity contribution in [3.8, 4) is 11.1 Å². The van der Waals surface area contributed by atoms with Gasteiger partial charge < -0.3 is 9.84 Å². The van der Waals surface area contributed by atoms with Crippen molar-refractivity contribution in [2.45, 2.75) is 57.9 Å². The van der Waals surface area contributed by atoms with E-state index in [4.69, 9.17) is 4.74 Å². The van der Waals surface area contributed by atoms with Crippen LogP contribution in [0.15, 0.2) is 48.5 Å². The molecule has 1 atom stereocenters. The number of ether oxygens (including phenoxy) is 1. The second-order valence-corrected chi connectivity index (χ2v) is 9.96. The van der Waals surface area contributed by atoms with Crippen molar-refractivity contribution in [2.75, 3.05) is 13.2 Å². The number of carboxylic acid groups (broad SMARTS) is 1. The third kappa shape index (κ3) is 3.93. The molecule has 1 amide bonds. The topological polar surface area (TPSA) is 66.8 Å². The lowest BCUT2D eigenvalue weighted by atomic mass is 9.82. The van der Waals surface area contributed by atoms with Crippen LogP contribution in [0.1, 0.15) is 63.5 Å². The van der Waals surface area contributed by atoms with Crippen molar-refractivity contribution < 1.29 is 19.4 Å². The average molecular weight is 422 g/mol. The minimum atomic E-state index is -1.17. The van der Waals surface area contributed by atoms with E-state index in [-0.39, 0.29) is 17.9 Å². The zero-order valence-electron chi connectivity index (χ0n) is 18.6. The van der Waals surface area contributed by atoms with Gasteiger partial charge in [0.05, 0.1) is 0 Å². The van der Waals surface area contributed by atoms with Crippen LogP contribution >= 0.6 is 0 Å². The first-order valence-corrected chi connectivity index (χ1v) is 11.1. The van der Waals surface area contributed by atoms with Crippen LogP contribution in [0.25, 0.3) is 11.1 Å². The Morgan fingerprint density at radius 1 is 1.06 bits per heavy atom. The SMILES string of the molecule is CC(C)(C)CC[C@]1(C(=O)O)CCCN1C(=O)OCC1c2ccccc2-c2ccccc21. The predicted molar refractivity (Wildman–Crippen MR) is 120 cm³/mol. The molecule has 0 spiro atoms. The Kier molecular flexibility index (Phi) is 5.54. The van der Waals surface area contributed by atoms with Gasteiger partial charge in [0.1, 0.15) is 12.1 Å². The molecule has 1 saturated heterocycles. The molecule has 0 aromatic heterocycles. The number of hydrogen-bond acceptors (Lipinski definition) is 3. The third-order valence-electron chi connectivity index (χ3n) is 6.73. The lowest BCUT2D eigenvalue weighted by Gasteiger charge is -2.36. The minimum absolute atomic E-state index is 0.00210. The fourth-order valence-electron chi connectivity index (χ4n) is 4.99. The number of benzene rings is 2. The van der Waals surface area contributed by atoms with Gasteiger partial charge in [-0.3, -0.25) is 4.90 Å². The molecule has 5 nitrogen and oxygen atoms in total. The molecule has 0 radical (unpaired) electrons. The molecule has 1 aliphatic heterocycles. The summed E-state index contributed by atoms with van der Waals surface area (Å²) in [7, 11) is 0. The lowest BCUT2D eigenvalue weighted by molar-refractivity contribution is -0.149. The van der Waals surface area contributed by atoms with Gasteiger partial charge in [-0.25, -0.2) is 9.59 Å². The Bertz CT molecular complexity index is 947. The summed E-state index contributed by atoms with van der Waals surface area (Å²) in [4.78, 5) is 26.9. The van der Waals surface area contributed by atoms with Gasteiger partial charge in [-0.1, -0.05) is 69.3 Å². The maximum Gasteiger partial charge on any atom is 0.410 e. The monoisotopic (exact) mass is 421 g/mol. The van der Waals surface area contributed by atoms with Gasteiger partial charge in [-0.05, 0) is 53.4 Å². The van der Waals surface area contributed by atoms with Crippen LogP contribution in [-0.4, -0.2) is 40.8 Å². The maximum atomic E-state index is 13.1. The molecular weight excluding hydrogens is 390 g/mol. The van der Waals surface area contributed by atoms with E-state index in [0.29, 0.717) is 25.8 Å². The zero-order valence-corrected chi connectivity index (χ0v) is 18.6. The number of likely N-dealkylation sites (tertiary alicyclic amines) is 1. The molecule has 31 heavy (non-hydrogen) atoms. The smallest absolute Gasteiger partial charge is 0.410 e. The van der Waals surface area contributed by atoms with Crippen molar-refractivity contribution in [3.63, 3.8) is 0 Å². The summed E-state index contributed by atoms with van der Waals surface area (Å²) in [5.41, 5.74) is 3.47. The largest absolute Gasteiger partial charge is 0.479 e. The number of fused-ring (bicyclic) bond motifs is 3. The first-order valence-electron chi connectivity index (χ1n) is 11.1. The summed E-state index contributed by atoms with van der Waals surface area (Å²) in [5.74, 6) is -0.962. The fraction of sp³-hybridized carbons (Fsp3) is 0.462. The van der Waals surface area contributed by atoms with Crippen molar-refractivity contribution in [2.24, 2.45) is 5.41 Å². The number of aliphatic carboxylic acids is 1. The molecule has 1 heterocycles. The highest BCUT2D eigenvalue weighted by atomic mass is 16.6. The summed E-state index contributed by atoms with van der Waals surface area (Å²) in [6.45, 7) is 6.91. The highest BCUT2D eigenvalue weighted by molar-refractivity contribution is 5.85. The molecular formula is C26H31NO4. The number of carbonyl (C=O) groups excluding carboxylic acids is 1. The van der Waals surface area contributed by atoms with Crippen molar-refractivity contribution >= 4 is 12.1 Å². The van der Waals surface area contributed by atoms with Crippen LogP contribution in [0.5, 0.6) is 0 Å². The number of rotatable bonds is 5. The zero-order chi connectivity index (χ0) is 22.2. The molecule has 2 aromatic carbocycles. The van der Waals surface area contributed by atoms with Crippen LogP contribution in [0, 0.1) is 5.41 Å². The Morgan fingerprint density at radius 2 is 1.65 bits per heavy atom. The number of carbonyl (C=O) groups is 2. The van der Waals surface area contributed by atoms with Crippen LogP contribution in [0.4, 0.5) is 4.79 Å². The lowest BCUT2D eigenvalue weighted by Crippen LogP contribution is -2.53. The van der Waals surface area contributed by atoms with Crippen molar-refractivity contribution in [1.29, 1.82) is 0 Å². The normalized spacial score (nSPS) is 20.4. The van der Waals surface area contributed by atoms with Gasteiger partial charge >= 0.3 is 12.1 Å². The van der Waals surface area contributed by atoms with E-state index in [9.17, 15) is 14.7 Å². The Labute approximate surface area is 184 Å². The molecule has 4 rings (SSSR count). The first kappa shape index (κ1) is 21.4. The molecule has 1 aliphatic carbocycles. The molecule has 0 unspecified atom stereocenters. The van der Waals surface area contributed by atoms with Crippen LogP contribution in [-0.2, 0) is 9.53 Å². The molecule has 0 bridgehead atoms. The van der Waals surface area contributed by atoms with E-state index in [0.717, 1.165) is 17.5 Å². The number of hydrogen-bond donors (Lipinski definition) is 1. The summed E-state index contributed by atoms with van der Waals surface area (Å²) < 4.78 is 5.78. The maximum absolute atomic E-state index is 13.1. The molecule has 0 saturated carbocycles. The van der Waals surface area contributed by atoms with E-state index in [1.807, 2.05) is 24.3 Å². The summed E-state index contributed by atoms with van der Waals surface area (Å²) >= 11 is 0. The Balaban J connectivity index is 1.52. The van der Waals surface area contributed by atoms with Gasteiger partial charge in [0.2, 0.25) is 0 Å². The standard InChI is InChI=1S/C26H31NO4/c1-25(2,3)14-15-26(23(28)29)13-8-16-27(26)24(30)31-17-22-20-11-6-4-9-18(20)19-10-5-7-12-21(19)22/h4-7,9-12,22H,8,13-17H2,1-3H3,(H,28,29)/t26-/m0/s1. The van der Waals surface area contributed by atoms with Gasteiger partial charge in [0.15, 0.2) is 0 Å². The van der Waals surface area contributed by atoms with E-state index in [1.54, 1.807) is 0 Å². The quantitative estimate of drug-likeness (QED) is 0.674. The van der Waals surface area contributed by atoms with Crippen molar-refractivity contribution in [3.05, 3.63) is 59.7 Å². The summed E-state index contributed by atoms with van der Waals surface area (Å²) in [6, 6.07) is 16.4. The van der Waals surface area contributed by atoms with E-state index >= 15 is 0 Å². The van der Waals surface area contributed by atoms with E-state index in [1.165, 1.54) is 16.0 Å². The van der Waals surface area contributed by atoms with Crippen molar-refractivity contribution in [1.82, 2.24) is 4.90 Å². The van der Waals surface area contributed by atoms with Gasteiger partial charge in [0, 0.05) is 12.5 Å². The van der Waals surface area contributed by atoms with E-state index < -0.39 is 17.6 Å². The third-order valence-corrected chi connectivity index (χ3v) is 6.73. The number of nitrogens with zero attached hydrogens (tertiary/aromatic N) is 1. The molecule has 1 fully saturated rings. The first-order chi connectivity index (χ1) is 14.7. The Morgan fingerprint density at radius 3 is 2.19 bits per heavy atom. The van der Waals surface area contributed by atoms with Gasteiger partial charge in [0.25, 0.3) is 0 Å². The van der Waals surface area contributed by atoms with Crippen LogP contribution in [0.2, 0.25) is 0 Å². The summed E-state index contributed by atoms with van der Waals surface area (Å²) in [5, 5.41) is 10.1. The number of carboxylic acids is 1. The second kappa shape index (κ2) is 8.03. The molecule has 5 heteroatoms. The van der Waals surface area contributed by atoms with Crippen LogP contribution in [0.3, 0.4) is 0 Å². The number of amides is 1. The minimum Gasteiger partial charge on any atom is -0.479 e. The summed E-state index contributed by atoms with van der Waals surface area (Å²) in [6.07, 6.45) is 1.81. The van der Waals surface area contributed by atoms with Gasteiger partial charge in [-0.15, -0.1) is 0 Å². The highest BCUT2D eigenvalue weighted by Crippen LogP contribution is 2.45. The van der Waals surface area contributed by atoms with Gasteiger partial charge in [-0.2, -0.15) is 0 Å². The van der Waals surface area contributed by atoms with Crippen LogP contribution < -0.4 is 0 Å². The Hall–Kier alpha value is -2.82. The highest BCUT2D eigenvalue weighted by Gasteiger charge is 2.51. The fourth-order valence-corrected chi connectivity index (χ4v) is 4.99. The molecule has 2 aliphatic rings. The predicted octanol–water partition coefficient (Wildman–Crippen LogP) is 5.68. The average Bonchev–Trinajstić information content (AvgIpc) is 3.31. The molecule has 164 valence electrons. The molecule has 1 N–H and O–H groups in total. The second-order valence-electron chi connectivity index (χ2n) is 9.96. The molecule has 2 aromatic rings.